The second-order valence-corrected chi connectivity index (χ2v) is 6.63. The van der Waals surface area contributed by atoms with Gasteiger partial charge >= 0.3 is 5.97 Å². The lowest BCUT2D eigenvalue weighted by Crippen LogP contribution is -2.17. The number of hydrogen-bond donors (Lipinski definition) is 0. The van der Waals surface area contributed by atoms with Crippen molar-refractivity contribution in [2.75, 3.05) is 6.61 Å². The van der Waals surface area contributed by atoms with Crippen LogP contribution in [0.5, 0.6) is 11.5 Å². The predicted octanol–water partition coefficient (Wildman–Crippen LogP) is 5.66. The third-order valence-corrected chi connectivity index (χ3v) is 4.57. The van der Waals surface area contributed by atoms with Crippen LogP contribution in [0.1, 0.15) is 12.5 Å². The molecule has 0 saturated carbocycles. The highest BCUT2D eigenvalue weighted by Crippen LogP contribution is 2.30. The number of hydrogen-bond acceptors (Lipinski definition) is 3. The standard InChI is InChI=1S/C22H19BrO3/c1-2-16-8-11-19(12-9-16)25-15-22(24)26-21-13-10-18(14-20(21)23)17-6-4-3-5-7-17/h3-14H,2,15H2,1H3. The first-order valence-corrected chi connectivity index (χ1v) is 9.22. The second kappa shape index (κ2) is 8.68. The first-order chi connectivity index (χ1) is 12.7. The molecule has 0 aromatic heterocycles. The van der Waals surface area contributed by atoms with Gasteiger partial charge in [-0.2, -0.15) is 0 Å². The van der Waals surface area contributed by atoms with Gasteiger partial charge in [-0.05, 0) is 63.3 Å². The molecule has 3 nitrogen and oxygen atoms in total. The molecule has 0 bridgehead atoms. The first kappa shape index (κ1) is 18.2. The quantitative estimate of drug-likeness (QED) is 0.388. The van der Waals surface area contributed by atoms with E-state index in [4.69, 9.17) is 9.47 Å². The van der Waals surface area contributed by atoms with E-state index in [1.54, 1.807) is 6.07 Å². The zero-order valence-corrected chi connectivity index (χ0v) is 16.0. The van der Waals surface area contributed by atoms with Crippen molar-refractivity contribution in [3.63, 3.8) is 0 Å². The zero-order chi connectivity index (χ0) is 18.4. The van der Waals surface area contributed by atoms with Gasteiger partial charge < -0.3 is 9.47 Å². The van der Waals surface area contributed by atoms with E-state index in [0.717, 1.165) is 22.0 Å². The van der Waals surface area contributed by atoms with E-state index in [-0.39, 0.29) is 6.61 Å². The van der Waals surface area contributed by atoms with Crippen LogP contribution in [0.2, 0.25) is 0 Å². The highest BCUT2D eigenvalue weighted by molar-refractivity contribution is 9.10. The summed E-state index contributed by atoms with van der Waals surface area (Å²) in [5, 5.41) is 0. The van der Waals surface area contributed by atoms with Crippen molar-refractivity contribution in [3.8, 4) is 22.6 Å². The molecular weight excluding hydrogens is 392 g/mol. The summed E-state index contributed by atoms with van der Waals surface area (Å²) in [7, 11) is 0. The highest BCUT2D eigenvalue weighted by Gasteiger charge is 2.10. The molecule has 0 N–H and O–H groups in total. The maximum atomic E-state index is 12.0. The number of ether oxygens (including phenoxy) is 2. The minimum absolute atomic E-state index is 0.141. The topological polar surface area (TPSA) is 35.5 Å². The molecule has 0 atom stereocenters. The molecule has 26 heavy (non-hydrogen) atoms. The lowest BCUT2D eigenvalue weighted by molar-refractivity contribution is -0.136. The monoisotopic (exact) mass is 410 g/mol. The first-order valence-electron chi connectivity index (χ1n) is 8.43. The van der Waals surface area contributed by atoms with Gasteiger partial charge in [-0.25, -0.2) is 4.79 Å². The van der Waals surface area contributed by atoms with Crippen molar-refractivity contribution in [1.82, 2.24) is 0 Å². The molecule has 0 radical (unpaired) electrons. The van der Waals surface area contributed by atoms with E-state index in [1.165, 1.54) is 5.56 Å². The Labute approximate surface area is 161 Å². The van der Waals surface area contributed by atoms with Crippen molar-refractivity contribution in [3.05, 3.63) is 82.8 Å². The number of rotatable bonds is 6. The predicted molar refractivity (Wildman–Crippen MR) is 107 cm³/mol. The summed E-state index contributed by atoms with van der Waals surface area (Å²) >= 11 is 3.47. The van der Waals surface area contributed by atoms with Crippen molar-refractivity contribution in [1.29, 1.82) is 0 Å². The molecule has 0 aliphatic rings. The Bertz CT molecular complexity index is 874. The van der Waals surface area contributed by atoms with E-state index in [1.807, 2.05) is 66.7 Å². The Hall–Kier alpha value is -2.59. The zero-order valence-electron chi connectivity index (χ0n) is 14.4. The average Bonchev–Trinajstić information content (AvgIpc) is 2.69. The van der Waals surface area contributed by atoms with Crippen molar-refractivity contribution in [2.24, 2.45) is 0 Å². The fraction of sp³-hybridized carbons (Fsp3) is 0.136. The number of halogens is 1. The molecular formula is C22H19BrO3. The molecule has 3 aromatic carbocycles. The van der Waals surface area contributed by atoms with Crippen molar-refractivity contribution >= 4 is 21.9 Å². The number of benzene rings is 3. The van der Waals surface area contributed by atoms with E-state index in [2.05, 4.69) is 22.9 Å². The Morgan fingerprint density at radius 1 is 0.923 bits per heavy atom. The Kier molecular flexibility index (Phi) is 6.08. The van der Waals surface area contributed by atoms with Gasteiger partial charge in [-0.1, -0.05) is 55.5 Å². The van der Waals surface area contributed by atoms with Crippen LogP contribution >= 0.6 is 15.9 Å². The summed E-state index contributed by atoms with van der Waals surface area (Å²) < 4.78 is 11.6. The largest absolute Gasteiger partial charge is 0.482 e. The van der Waals surface area contributed by atoms with Gasteiger partial charge in [0, 0.05) is 0 Å². The van der Waals surface area contributed by atoms with Crippen LogP contribution < -0.4 is 9.47 Å². The molecule has 0 fully saturated rings. The average molecular weight is 411 g/mol. The summed E-state index contributed by atoms with van der Waals surface area (Å²) in [5.74, 6) is 0.676. The minimum atomic E-state index is -0.447. The van der Waals surface area contributed by atoms with Crippen LogP contribution in [0.3, 0.4) is 0 Å². The van der Waals surface area contributed by atoms with E-state index in [9.17, 15) is 4.79 Å². The van der Waals surface area contributed by atoms with Crippen molar-refractivity contribution in [2.45, 2.75) is 13.3 Å². The molecule has 0 heterocycles. The van der Waals surface area contributed by atoms with Crippen LogP contribution in [0.4, 0.5) is 0 Å². The fourth-order valence-corrected chi connectivity index (χ4v) is 2.97. The van der Waals surface area contributed by atoms with E-state index in [0.29, 0.717) is 11.5 Å². The van der Waals surface area contributed by atoms with E-state index < -0.39 is 5.97 Å². The smallest absolute Gasteiger partial charge is 0.349 e. The maximum Gasteiger partial charge on any atom is 0.349 e. The van der Waals surface area contributed by atoms with Crippen LogP contribution in [0.15, 0.2) is 77.3 Å². The summed E-state index contributed by atoms with van der Waals surface area (Å²) in [5.41, 5.74) is 3.37. The molecule has 0 aliphatic heterocycles. The van der Waals surface area contributed by atoms with Crippen LogP contribution in [-0.2, 0) is 11.2 Å². The number of carbonyl (C=O) groups is 1. The molecule has 0 aliphatic carbocycles. The van der Waals surface area contributed by atoms with E-state index >= 15 is 0 Å². The van der Waals surface area contributed by atoms with Crippen LogP contribution in [0, 0.1) is 0 Å². The summed E-state index contributed by atoms with van der Waals surface area (Å²) in [6.45, 7) is 1.95. The lowest BCUT2D eigenvalue weighted by atomic mass is 10.1. The molecule has 0 amide bonds. The highest BCUT2D eigenvalue weighted by atomic mass is 79.9. The lowest BCUT2D eigenvalue weighted by Gasteiger charge is -2.10. The number of aryl methyl sites for hydroxylation is 1. The van der Waals surface area contributed by atoms with Crippen molar-refractivity contribution < 1.29 is 14.3 Å². The third-order valence-electron chi connectivity index (χ3n) is 3.95. The molecule has 4 heteroatoms. The molecule has 0 unspecified atom stereocenters. The van der Waals surface area contributed by atoms with Gasteiger partial charge in [-0.15, -0.1) is 0 Å². The Morgan fingerprint density at radius 3 is 2.31 bits per heavy atom. The van der Waals surface area contributed by atoms with Gasteiger partial charge in [0.15, 0.2) is 6.61 Å². The number of carbonyl (C=O) groups excluding carboxylic acids is 1. The minimum Gasteiger partial charge on any atom is -0.482 e. The molecule has 0 saturated heterocycles. The van der Waals surface area contributed by atoms with Crippen LogP contribution in [-0.4, -0.2) is 12.6 Å². The molecule has 3 aromatic rings. The van der Waals surface area contributed by atoms with Gasteiger partial charge in [-0.3, -0.25) is 0 Å². The summed E-state index contributed by atoms with van der Waals surface area (Å²) in [4.78, 5) is 12.0. The van der Waals surface area contributed by atoms with Gasteiger partial charge in [0.05, 0.1) is 4.47 Å². The third kappa shape index (κ3) is 4.73. The Morgan fingerprint density at radius 2 is 1.65 bits per heavy atom. The number of esters is 1. The van der Waals surface area contributed by atoms with Gasteiger partial charge in [0.1, 0.15) is 11.5 Å². The van der Waals surface area contributed by atoms with Gasteiger partial charge in [0.25, 0.3) is 0 Å². The SMILES string of the molecule is CCc1ccc(OCC(=O)Oc2ccc(-c3ccccc3)cc2Br)cc1. The molecule has 0 spiro atoms. The van der Waals surface area contributed by atoms with Gasteiger partial charge in [0.2, 0.25) is 0 Å². The van der Waals surface area contributed by atoms with Crippen LogP contribution in [0.25, 0.3) is 11.1 Å². The summed E-state index contributed by atoms with van der Waals surface area (Å²) in [6, 6.07) is 23.3. The molecule has 3 rings (SSSR count). The fourth-order valence-electron chi connectivity index (χ4n) is 2.51. The maximum absolute atomic E-state index is 12.0. The normalized spacial score (nSPS) is 10.4. The Balaban J connectivity index is 1.60. The summed E-state index contributed by atoms with van der Waals surface area (Å²) in [6.07, 6.45) is 0.968. The second-order valence-electron chi connectivity index (χ2n) is 5.77. The molecule has 132 valence electrons.